The van der Waals surface area contributed by atoms with Crippen molar-refractivity contribution < 1.29 is 4.39 Å². The van der Waals surface area contributed by atoms with Crippen molar-refractivity contribution >= 4 is 50.2 Å². The Labute approximate surface area is 134 Å². The molecule has 0 unspecified atom stereocenters. The molecule has 0 bridgehead atoms. The van der Waals surface area contributed by atoms with E-state index >= 15 is 0 Å². The second-order valence-electron chi connectivity index (χ2n) is 4.34. The molecule has 0 spiro atoms. The predicted molar refractivity (Wildman–Crippen MR) is 88.9 cm³/mol. The van der Waals surface area contributed by atoms with E-state index in [1.54, 1.807) is 29.0 Å². The largest absolute Gasteiger partial charge is 0.389 e. The molecule has 0 amide bonds. The molecule has 0 atom stereocenters. The van der Waals surface area contributed by atoms with Crippen LogP contribution in [0.3, 0.4) is 0 Å². The first-order valence-corrected chi connectivity index (χ1v) is 7.87. The smallest absolute Gasteiger partial charge is 0.161 e. The molecule has 0 fully saturated rings. The Balaban J connectivity index is 2.31. The lowest BCUT2D eigenvalue weighted by atomic mass is 10.2. The van der Waals surface area contributed by atoms with Gasteiger partial charge in [0.15, 0.2) is 5.82 Å². The SMILES string of the molecule is Cc1ncsc1CN(C)c1ccc(C(N)=S)c(Br)c1F. The zero-order valence-corrected chi connectivity index (χ0v) is 14.2. The summed E-state index contributed by atoms with van der Waals surface area (Å²) in [5.74, 6) is -0.361. The summed E-state index contributed by atoms with van der Waals surface area (Å²) in [5, 5.41) is 0. The number of thiocarbonyl (C=S) groups is 1. The van der Waals surface area contributed by atoms with E-state index in [1.807, 2.05) is 18.9 Å². The number of thiazole rings is 1. The first kappa shape index (κ1) is 15.3. The highest BCUT2D eigenvalue weighted by Crippen LogP contribution is 2.30. The molecule has 1 heterocycles. The average Bonchev–Trinajstić information content (AvgIpc) is 2.77. The van der Waals surface area contributed by atoms with Crippen LogP contribution in [0.15, 0.2) is 22.1 Å². The minimum absolute atomic E-state index is 0.170. The zero-order chi connectivity index (χ0) is 14.9. The van der Waals surface area contributed by atoms with Crippen LogP contribution in [0.4, 0.5) is 10.1 Å². The molecule has 0 saturated carbocycles. The molecule has 3 nitrogen and oxygen atoms in total. The van der Waals surface area contributed by atoms with E-state index in [2.05, 4.69) is 20.9 Å². The van der Waals surface area contributed by atoms with Crippen LogP contribution in [-0.2, 0) is 6.54 Å². The van der Waals surface area contributed by atoms with Gasteiger partial charge in [-0.25, -0.2) is 9.37 Å². The van der Waals surface area contributed by atoms with Crippen LogP contribution < -0.4 is 10.6 Å². The van der Waals surface area contributed by atoms with Gasteiger partial charge in [-0.2, -0.15) is 0 Å². The number of benzene rings is 1. The fourth-order valence-corrected chi connectivity index (χ4v) is 3.48. The van der Waals surface area contributed by atoms with Gasteiger partial charge in [0.05, 0.1) is 27.9 Å². The minimum Gasteiger partial charge on any atom is -0.389 e. The van der Waals surface area contributed by atoms with Crippen LogP contribution >= 0.6 is 39.5 Å². The number of hydrogen-bond acceptors (Lipinski definition) is 4. The maximum absolute atomic E-state index is 14.4. The first-order valence-electron chi connectivity index (χ1n) is 5.79. The van der Waals surface area contributed by atoms with Crippen LogP contribution in [0.1, 0.15) is 16.1 Å². The van der Waals surface area contributed by atoms with Crippen molar-refractivity contribution in [3.8, 4) is 0 Å². The first-order chi connectivity index (χ1) is 9.41. The second kappa shape index (κ2) is 6.15. The number of aryl methyl sites for hydroxylation is 1. The quantitative estimate of drug-likeness (QED) is 0.830. The van der Waals surface area contributed by atoms with Crippen LogP contribution in [0.25, 0.3) is 0 Å². The number of nitrogens with zero attached hydrogens (tertiary/aromatic N) is 2. The lowest BCUT2D eigenvalue weighted by Gasteiger charge is -2.20. The fraction of sp³-hybridized carbons (Fsp3) is 0.231. The number of anilines is 1. The summed E-state index contributed by atoms with van der Waals surface area (Å²) >= 11 is 9.67. The van der Waals surface area contributed by atoms with Gasteiger partial charge in [-0.1, -0.05) is 12.2 Å². The van der Waals surface area contributed by atoms with E-state index in [4.69, 9.17) is 18.0 Å². The van der Waals surface area contributed by atoms with Crippen LogP contribution in [0.2, 0.25) is 0 Å². The summed E-state index contributed by atoms with van der Waals surface area (Å²) in [4.78, 5) is 7.32. The maximum Gasteiger partial charge on any atom is 0.161 e. The molecule has 2 N–H and O–H groups in total. The molecule has 0 aliphatic rings. The molecule has 1 aromatic carbocycles. The van der Waals surface area contributed by atoms with Crippen molar-refractivity contribution in [2.45, 2.75) is 13.5 Å². The Hall–Kier alpha value is -1.05. The monoisotopic (exact) mass is 373 g/mol. The third kappa shape index (κ3) is 2.99. The van der Waals surface area contributed by atoms with Gasteiger partial charge in [0.1, 0.15) is 4.99 Å². The van der Waals surface area contributed by atoms with Crippen molar-refractivity contribution in [3.63, 3.8) is 0 Å². The maximum atomic E-state index is 14.4. The van der Waals surface area contributed by atoms with E-state index in [-0.39, 0.29) is 10.8 Å². The minimum atomic E-state index is -0.361. The Morgan fingerprint density at radius 1 is 1.55 bits per heavy atom. The molecule has 0 aliphatic heterocycles. The van der Waals surface area contributed by atoms with Crippen LogP contribution in [0.5, 0.6) is 0 Å². The van der Waals surface area contributed by atoms with Crippen LogP contribution in [-0.4, -0.2) is 17.0 Å². The van der Waals surface area contributed by atoms with Gasteiger partial charge in [-0.05, 0) is 35.0 Å². The van der Waals surface area contributed by atoms with Gasteiger partial charge >= 0.3 is 0 Å². The Morgan fingerprint density at radius 3 is 2.80 bits per heavy atom. The number of hydrogen-bond donors (Lipinski definition) is 1. The molecular formula is C13H13BrFN3S2. The van der Waals surface area contributed by atoms with Gasteiger partial charge in [0.25, 0.3) is 0 Å². The number of nitrogens with two attached hydrogens (primary N) is 1. The van der Waals surface area contributed by atoms with Gasteiger partial charge in [0.2, 0.25) is 0 Å². The molecule has 0 saturated heterocycles. The normalized spacial score (nSPS) is 10.6. The summed E-state index contributed by atoms with van der Waals surface area (Å²) in [6.07, 6.45) is 0. The van der Waals surface area contributed by atoms with Crippen molar-refractivity contribution in [1.29, 1.82) is 0 Å². The molecule has 106 valence electrons. The van der Waals surface area contributed by atoms with Crippen molar-refractivity contribution in [1.82, 2.24) is 4.98 Å². The van der Waals surface area contributed by atoms with Gasteiger partial charge in [-0.3, -0.25) is 0 Å². The summed E-state index contributed by atoms with van der Waals surface area (Å²) in [6.45, 7) is 2.55. The fourth-order valence-electron chi connectivity index (χ4n) is 1.80. The summed E-state index contributed by atoms with van der Waals surface area (Å²) < 4.78 is 14.7. The topological polar surface area (TPSA) is 42.2 Å². The highest BCUT2D eigenvalue weighted by Gasteiger charge is 2.16. The lowest BCUT2D eigenvalue weighted by Crippen LogP contribution is -2.19. The predicted octanol–water partition coefficient (Wildman–Crippen LogP) is 3.62. The highest BCUT2D eigenvalue weighted by molar-refractivity contribution is 9.10. The van der Waals surface area contributed by atoms with Crippen molar-refractivity contribution in [2.75, 3.05) is 11.9 Å². The van der Waals surface area contributed by atoms with Crippen molar-refractivity contribution in [3.05, 3.63) is 44.1 Å². The number of aromatic nitrogens is 1. The van der Waals surface area contributed by atoms with E-state index in [0.29, 0.717) is 22.3 Å². The lowest BCUT2D eigenvalue weighted by molar-refractivity contribution is 0.615. The molecule has 20 heavy (non-hydrogen) atoms. The highest BCUT2D eigenvalue weighted by atomic mass is 79.9. The molecule has 7 heteroatoms. The summed E-state index contributed by atoms with van der Waals surface area (Å²) in [5.41, 5.74) is 9.31. The molecule has 1 aromatic heterocycles. The van der Waals surface area contributed by atoms with E-state index in [0.717, 1.165) is 10.6 Å². The van der Waals surface area contributed by atoms with Gasteiger partial charge in [0, 0.05) is 17.5 Å². The van der Waals surface area contributed by atoms with E-state index in [1.165, 1.54) is 0 Å². The third-order valence-electron chi connectivity index (χ3n) is 2.96. The molecule has 2 rings (SSSR count). The zero-order valence-electron chi connectivity index (χ0n) is 11.0. The Bertz CT molecular complexity index is 657. The van der Waals surface area contributed by atoms with E-state index < -0.39 is 0 Å². The average molecular weight is 374 g/mol. The van der Waals surface area contributed by atoms with E-state index in [9.17, 15) is 4.39 Å². The molecule has 2 aromatic rings. The van der Waals surface area contributed by atoms with Gasteiger partial charge < -0.3 is 10.6 Å². The molecule has 0 aliphatic carbocycles. The summed E-state index contributed by atoms with van der Waals surface area (Å²) in [6, 6.07) is 3.41. The molecule has 0 radical (unpaired) electrons. The van der Waals surface area contributed by atoms with Crippen LogP contribution in [0, 0.1) is 12.7 Å². The standard InChI is InChI=1S/C13H13BrFN3S2/c1-7-10(20-6-17-7)5-18(2)9-4-3-8(13(16)19)11(14)12(9)15/h3-4,6H,5H2,1-2H3,(H2,16,19). The van der Waals surface area contributed by atoms with Crippen molar-refractivity contribution in [2.24, 2.45) is 5.73 Å². The Morgan fingerprint density at radius 2 is 2.25 bits per heavy atom. The number of rotatable bonds is 4. The molecular weight excluding hydrogens is 361 g/mol. The second-order valence-corrected chi connectivity index (χ2v) is 6.51. The third-order valence-corrected chi connectivity index (χ3v) is 4.88. The Kier molecular flexibility index (Phi) is 4.72. The van der Waals surface area contributed by atoms with Gasteiger partial charge in [-0.15, -0.1) is 11.3 Å². The number of halogens is 2. The summed E-state index contributed by atoms with van der Waals surface area (Å²) in [7, 11) is 1.84.